The molecule has 2 aromatic rings. The second kappa shape index (κ2) is 4.34. The van der Waals surface area contributed by atoms with Crippen LogP contribution in [0.15, 0.2) is 36.4 Å². The fourth-order valence-corrected chi connectivity index (χ4v) is 1.83. The molecule has 3 heteroatoms. The molecule has 90 valence electrons. The van der Waals surface area contributed by atoms with Crippen molar-refractivity contribution in [2.45, 2.75) is 32.9 Å². The van der Waals surface area contributed by atoms with Gasteiger partial charge in [-0.15, -0.1) is 0 Å². The van der Waals surface area contributed by atoms with Gasteiger partial charge in [0.05, 0.1) is 23.5 Å². The number of benzene rings is 1. The van der Waals surface area contributed by atoms with Crippen molar-refractivity contribution >= 4 is 0 Å². The Morgan fingerprint density at radius 3 is 2.35 bits per heavy atom. The van der Waals surface area contributed by atoms with E-state index in [-0.39, 0.29) is 12.1 Å². The zero-order chi connectivity index (χ0) is 12.5. The maximum atomic E-state index is 9.21. The highest BCUT2D eigenvalue weighted by molar-refractivity contribution is 5.60. The molecule has 2 rings (SSSR count). The lowest BCUT2D eigenvalue weighted by molar-refractivity contribution is 0.270. The van der Waals surface area contributed by atoms with Crippen LogP contribution in [0.4, 0.5) is 0 Å². The molecule has 0 aliphatic heterocycles. The molecule has 1 heterocycles. The van der Waals surface area contributed by atoms with Gasteiger partial charge in [-0.05, 0) is 32.4 Å². The zero-order valence-electron chi connectivity index (χ0n) is 10.5. The molecule has 0 saturated heterocycles. The Kier molecular flexibility index (Phi) is 3.03. The molecule has 0 radical (unpaired) electrons. The lowest BCUT2D eigenvalue weighted by atomic mass is 10.1. The molecule has 0 unspecified atom stereocenters. The topological polar surface area (TPSA) is 38.0 Å². The SMILES string of the molecule is CC(C)(C)n1nc(CO)cc1-c1ccccc1. The minimum absolute atomic E-state index is 0.0249. The first-order chi connectivity index (χ1) is 8.02. The Bertz CT molecular complexity index is 495. The summed E-state index contributed by atoms with van der Waals surface area (Å²) < 4.78 is 1.97. The fourth-order valence-electron chi connectivity index (χ4n) is 1.83. The minimum Gasteiger partial charge on any atom is -0.390 e. The van der Waals surface area contributed by atoms with Crippen LogP contribution in [0.3, 0.4) is 0 Å². The summed E-state index contributed by atoms with van der Waals surface area (Å²) in [5, 5.41) is 13.7. The number of nitrogens with zero attached hydrogens (tertiary/aromatic N) is 2. The molecule has 0 amide bonds. The molecule has 0 atom stereocenters. The monoisotopic (exact) mass is 230 g/mol. The molecule has 0 bridgehead atoms. The van der Waals surface area contributed by atoms with Crippen LogP contribution < -0.4 is 0 Å². The normalized spacial score (nSPS) is 11.8. The highest BCUT2D eigenvalue weighted by Crippen LogP contribution is 2.26. The summed E-state index contributed by atoms with van der Waals surface area (Å²) in [4.78, 5) is 0. The Hall–Kier alpha value is -1.61. The summed E-state index contributed by atoms with van der Waals surface area (Å²) >= 11 is 0. The van der Waals surface area contributed by atoms with Gasteiger partial charge in [0.15, 0.2) is 0 Å². The average Bonchev–Trinajstić information content (AvgIpc) is 2.74. The van der Waals surface area contributed by atoms with Crippen molar-refractivity contribution in [3.63, 3.8) is 0 Å². The third-order valence-electron chi connectivity index (χ3n) is 2.63. The van der Waals surface area contributed by atoms with Gasteiger partial charge in [-0.1, -0.05) is 30.3 Å². The van der Waals surface area contributed by atoms with E-state index in [2.05, 4.69) is 38.0 Å². The molecular formula is C14H18N2O. The summed E-state index contributed by atoms with van der Waals surface area (Å²) in [6.45, 7) is 6.29. The lowest BCUT2D eigenvalue weighted by Gasteiger charge is -2.22. The quantitative estimate of drug-likeness (QED) is 0.861. The first kappa shape index (κ1) is 11.9. The number of hydrogen-bond acceptors (Lipinski definition) is 2. The minimum atomic E-state index is -0.0986. The molecule has 1 aromatic heterocycles. The lowest BCUT2D eigenvalue weighted by Crippen LogP contribution is -2.24. The highest BCUT2D eigenvalue weighted by atomic mass is 16.3. The molecule has 0 aliphatic carbocycles. The smallest absolute Gasteiger partial charge is 0.0885 e. The second-order valence-corrected chi connectivity index (χ2v) is 5.13. The predicted octanol–water partition coefficient (Wildman–Crippen LogP) is 2.80. The van der Waals surface area contributed by atoms with Gasteiger partial charge in [0.1, 0.15) is 0 Å². The summed E-state index contributed by atoms with van der Waals surface area (Å²) in [7, 11) is 0. The van der Waals surface area contributed by atoms with Gasteiger partial charge < -0.3 is 5.11 Å². The van der Waals surface area contributed by atoms with Crippen molar-refractivity contribution in [3.8, 4) is 11.3 Å². The Balaban J connectivity index is 2.57. The van der Waals surface area contributed by atoms with E-state index in [9.17, 15) is 5.11 Å². The van der Waals surface area contributed by atoms with Gasteiger partial charge in [-0.2, -0.15) is 5.10 Å². The van der Waals surface area contributed by atoms with Crippen LogP contribution in [-0.4, -0.2) is 14.9 Å². The Morgan fingerprint density at radius 2 is 1.82 bits per heavy atom. The van der Waals surface area contributed by atoms with E-state index in [1.807, 2.05) is 28.9 Å². The standard InChI is InChI=1S/C14H18N2O/c1-14(2,3)16-13(9-12(10-17)15-16)11-7-5-4-6-8-11/h4-9,17H,10H2,1-3H3. The summed E-state index contributed by atoms with van der Waals surface area (Å²) in [5.74, 6) is 0. The first-order valence-corrected chi connectivity index (χ1v) is 5.78. The Labute approximate surface area is 102 Å². The number of hydrogen-bond donors (Lipinski definition) is 1. The van der Waals surface area contributed by atoms with Gasteiger partial charge >= 0.3 is 0 Å². The van der Waals surface area contributed by atoms with Crippen molar-refractivity contribution in [1.82, 2.24) is 9.78 Å². The van der Waals surface area contributed by atoms with E-state index >= 15 is 0 Å². The largest absolute Gasteiger partial charge is 0.390 e. The molecule has 1 N–H and O–H groups in total. The van der Waals surface area contributed by atoms with E-state index < -0.39 is 0 Å². The van der Waals surface area contributed by atoms with Gasteiger partial charge in [-0.25, -0.2) is 0 Å². The van der Waals surface area contributed by atoms with Crippen LogP contribution in [0.2, 0.25) is 0 Å². The zero-order valence-corrected chi connectivity index (χ0v) is 10.5. The second-order valence-electron chi connectivity index (χ2n) is 5.13. The average molecular weight is 230 g/mol. The van der Waals surface area contributed by atoms with Crippen LogP contribution >= 0.6 is 0 Å². The maximum absolute atomic E-state index is 9.21. The van der Waals surface area contributed by atoms with Crippen molar-refractivity contribution in [2.75, 3.05) is 0 Å². The van der Waals surface area contributed by atoms with Crippen molar-refractivity contribution in [2.24, 2.45) is 0 Å². The van der Waals surface area contributed by atoms with Crippen LogP contribution in [0, 0.1) is 0 Å². The van der Waals surface area contributed by atoms with Crippen molar-refractivity contribution in [3.05, 3.63) is 42.1 Å². The van der Waals surface area contributed by atoms with E-state index in [1.165, 1.54) is 0 Å². The molecule has 3 nitrogen and oxygen atoms in total. The predicted molar refractivity (Wildman–Crippen MR) is 68.6 cm³/mol. The molecular weight excluding hydrogens is 212 g/mol. The van der Waals surface area contributed by atoms with E-state index in [4.69, 9.17) is 0 Å². The summed E-state index contributed by atoms with van der Waals surface area (Å²) in [6, 6.07) is 12.1. The molecule has 1 aromatic carbocycles. The first-order valence-electron chi connectivity index (χ1n) is 5.78. The van der Waals surface area contributed by atoms with Crippen LogP contribution in [0.25, 0.3) is 11.3 Å². The van der Waals surface area contributed by atoms with Crippen molar-refractivity contribution in [1.29, 1.82) is 0 Å². The molecule has 17 heavy (non-hydrogen) atoms. The van der Waals surface area contributed by atoms with Gasteiger partial charge in [0.2, 0.25) is 0 Å². The Morgan fingerprint density at radius 1 is 1.18 bits per heavy atom. The number of aromatic nitrogens is 2. The van der Waals surface area contributed by atoms with Crippen molar-refractivity contribution < 1.29 is 5.11 Å². The third-order valence-corrected chi connectivity index (χ3v) is 2.63. The molecule has 0 aliphatic rings. The van der Waals surface area contributed by atoms with E-state index in [0.717, 1.165) is 11.3 Å². The number of rotatable bonds is 2. The maximum Gasteiger partial charge on any atom is 0.0885 e. The van der Waals surface area contributed by atoms with E-state index in [1.54, 1.807) is 0 Å². The summed E-state index contributed by atoms with van der Waals surface area (Å²) in [6.07, 6.45) is 0. The van der Waals surface area contributed by atoms with Gasteiger partial charge in [0, 0.05) is 0 Å². The molecule has 0 saturated carbocycles. The van der Waals surface area contributed by atoms with Gasteiger partial charge in [-0.3, -0.25) is 4.68 Å². The number of aliphatic hydroxyl groups excluding tert-OH is 1. The van der Waals surface area contributed by atoms with Gasteiger partial charge in [0.25, 0.3) is 0 Å². The molecule has 0 spiro atoms. The van der Waals surface area contributed by atoms with E-state index in [0.29, 0.717) is 5.69 Å². The summed E-state index contributed by atoms with van der Waals surface area (Å²) in [5.41, 5.74) is 2.77. The number of aliphatic hydroxyl groups is 1. The van der Waals surface area contributed by atoms with Crippen LogP contribution in [0.1, 0.15) is 26.5 Å². The molecule has 0 fully saturated rings. The highest BCUT2D eigenvalue weighted by Gasteiger charge is 2.20. The third kappa shape index (κ3) is 2.39. The van der Waals surface area contributed by atoms with Crippen LogP contribution in [-0.2, 0) is 12.1 Å². The fraction of sp³-hybridized carbons (Fsp3) is 0.357. The van der Waals surface area contributed by atoms with Crippen LogP contribution in [0.5, 0.6) is 0 Å².